The Balaban J connectivity index is 1.87. The Bertz CT molecular complexity index is 640. The van der Waals surface area contributed by atoms with Crippen molar-refractivity contribution in [2.24, 2.45) is 0 Å². The van der Waals surface area contributed by atoms with E-state index < -0.39 is 0 Å². The van der Waals surface area contributed by atoms with E-state index in [9.17, 15) is 0 Å². The predicted molar refractivity (Wildman–Crippen MR) is 78.2 cm³/mol. The van der Waals surface area contributed by atoms with E-state index in [4.69, 9.17) is 32.7 Å². The molecule has 3 rings (SSSR count). The van der Waals surface area contributed by atoms with Crippen LogP contribution in [-0.4, -0.2) is 23.2 Å². The fraction of sp³-hybridized carbons (Fsp3) is 0.231. The molecule has 1 aromatic heterocycles. The molecular weight excluding hydrogens is 319 g/mol. The molecule has 7 heteroatoms. The van der Waals surface area contributed by atoms with E-state index in [1.54, 1.807) is 0 Å². The highest BCUT2D eigenvalue weighted by molar-refractivity contribution is 7.99. The zero-order chi connectivity index (χ0) is 13.9. The molecule has 1 aliphatic heterocycles. The molecule has 1 aromatic carbocycles. The summed E-state index contributed by atoms with van der Waals surface area (Å²) in [6, 6.07) is 5.74. The molecular formula is C13H10Cl2N2O2S. The quantitative estimate of drug-likeness (QED) is 0.613. The van der Waals surface area contributed by atoms with Gasteiger partial charge in [-0.2, -0.15) is 0 Å². The molecule has 1 aliphatic rings. The second kappa shape index (κ2) is 6.08. The van der Waals surface area contributed by atoms with Crippen LogP contribution in [0.2, 0.25) is 10.3 Å². The molecule has 0 saturated carbocycles. The van der Waals surface area contributed by atoms with Gasteiger partial charge in [0.2, 0.25) is 5.28 Å². The van der Waals surface area contributed by atoms with Gasteiger partial charge in [-0.15, -0.1) is 0 Å². The number of ether oxygens (including phenoxy) is 2. The molecule has 104 valence electrons. The molecule has 2 heterocycles. The number of hydrogen-bond acceptors (Lipinski definition) is 5. The van der Waals surface area contributed by atoms with Crippen molar-refractivity contribution in [3.63, 3.8) is 0 Å². The predicted octanol–water partition coefficient (Wildman–Crippen LogP) is 4.10. The van der Waals surface area contributed by atoms with Crippen molar-refractivity contribution < 1.29 is 9.47 Å². The lowest BCUT2D eigenvalue weighted by Crippen LogP contribution is -1.97. The minimum absolute atomic E-state index is 0.172. The van der Waals surface area contributed by atoms with Gasteiger partial charge in [-0.1, -0.05) is 23.4 Å². The number of fused-ring (bicyclic) bond motifs is 1. The van der Waals surface area contributed by atoms with Crippen molar-refractivity contribution in [3.05, 3.63) is 34.7 Å². The monoisotopic (exact) mass is 328 g/mol. The van der Waals surface area contributed by atoms with Crippen LogP contribution >= 0.6 is 35.0 Å². The Hall–Kier alpha value is -1.17. The first-order valence-electron chi connectivity index (χ1n) is 5.98. The van der Waals surface area contributed by atoms with Crippen LogP contribution < -0.4 is 9.47 Å². The summed E-state index contributed by atoms with van der Waals surface area (Å²) in [5.74, 6) is 1.50. The van der Waals surface area contributed by atoms with E-state index in [1.165, 1.54) is 18.0 Å². The molecule has 0 bridgehead atoms. The summed E-state index contributed by atoms with van der Waals surface area (Å²) >= 11 is 13.2. The highest BCUT2D eigenvalue weighted by Gasteiger charge is 2.13. The van der Waals surface area contributed by atoms with Gasteiger partial charge in [-0.25, -0.2) is 9.97 Å². The third-order valence-corrected chi connectivity index (χ3v) is 4.18. The third kappa shape index (κ3) is 3.11. The van der Waals surface area contributed by atoms with Crippen molar-refractivity contribution in [1.82, 2.24) is 9.97 Å². The Morgan fingerprint density at radius 2 is 1.90 bits per heavy atom. The maximum atomic E-state index is 6.06. The molecule has 0 spiro atoms. The summed E-state index contributed by atoms with van der Waals surface area (Å²) in [6.07, 6.45) is 2.37. The Labute approximate surface area is 130 Å². The molecule has 0 saturated heterocycles. The number of aromatic nitrogens is 2. The molecule has 0 unspecified atom stereocenters. The number of nitrogens with zero attached hydrogens (tertiary/aromatic N) is 2. The highest BCUT2D eigenvalue weighted by Crippen LogP contribution is 2.38. The first-order valence-corrected chi connectivity index (χ1v) is 7.55. The van der Waals surface area contributed by atoms with Gasteiger partial charge in [0, 0.05) is 11.3 Å². The minimum Gasteiger partial charge on any atom is -0.490 e. The molecule has 0 N–H and O–H groups in total. The van der Waals surface area contributed by atoms with Gasteiger partial charge in [0.1, 0.15) is 5.03 Å². The lowest BCUT2D eigenvalue weighted by molar-refractivity contribution is 0.297. The smallest absolute Gasteiger partial charge is 0.223 e. The summed E-state index contributed by atoms with van der Waals surface area (Å²) in [4.78, 5) is 8.89. The summed E-state index contributed by atoms with van der Waals surface area (Å²) in [5, 5.41) is 1.25. The van der Waals surface area contributed by atoms with Crippen molar-refractivity contribution in [3.8, 4) is 11.5 Å². The van der Waals surface area contributed by atoms with Crippen LogP contribution in [-0.2, 0) is 0 Å². The zero-order valence-corrected chi connectivity index (χ0v) is 12.6. The Morgan fingerprint density at radius 3 is 2.75 bits per heavy atom. The summed E-state index contributed by atoms with van der Waals surface area (Å²) in [6.45, 7) is 1.33. The second-order valence-electron chi connectivity index (χ2n) is 4.05. The molecule has 2 aromatic rings. The normalized spacial score (nSPS) is 13.9. The minimum atomic E-state index is 0.172. The van der Waals surface area contributed by atoms with E-state index in [-0.39, 0.29) is 5.28 Å². The maximum Gasteiger partial charge on any atom is 0.223 e. The van der Waals surface area contributed by atoms with Crippen LogP contribution in [0, 0.1) is 0 Å². The van der Waals surface area contributed by atoms with Gasteiger partial charge in [0.15, 0.2) is 11.5 Å². The number of halogens is 2. The van der Waals surface area contributed by atoms with E-state index in [2.05, 4.69) is 9.97 Å². The summed E-state index contributed by atoms with van der Waals surface area (Å²) in [5.41, 5.74) is 0. The van der Waals surface area contributed by atoms with E-state index in [1.807, 2.05) is 18.2 Å². The molecule has 0 atom stereocenters. The van der Waals surface area contributed by atoms with Crippen molar-refractivity contribution in [2.75, 3.05) is 13.2 Å². The second-order valence-corrected chi connectivity index (χ2v) is 5.86. The van der Waals surface area contributed by atoms with Gasteiger partial charge >= 0.3 is 0 Å². The lowest BCUT2D eigenvalue weighted by Gasteiger charge is -2.09. The zero-order valence-electron chi connectivity index (χ0n) is 10.3. The largest absolute Gasteiger partial charge is 0.490 e. The lowest BCUT2D eigenvalue weighted by atomic mass is 10.3. The first kappa shape index (κ1) is 13.8. The average Bonchev–Trinajstić information content (AvgIpc) is 2.67. The maximum absolute atomic E-state index is 6.06. The van der Waals surface area contributed by atoms with Crippen LogP contribution in [0.4, 0.5) is 0 Å². The molecule has 0 amide bonds. The van der Waals surface area contributed by atoms with Crippen molar-refractivity contribution in [1.29, 1.82) is 0 Å². The van der Waals surface area contributed by atoms with Gasteiger partial charge in [0.25, 0.3) is 0 Å². The SMILES string of the molecule is Clc1ncc(Cl)c(Sc2ccc3c(c2)OCCCO3)n1. The van der Waals surface area contributed by atoms with Crippen LogP contribution in [0.5, 0.6) is 11.5 Å². The molecule has 0 fully saturated rings. The van der Waals surface area contributed by atoms with Gasteiger partial charge in [-0.3, -0.25) is 0 Å². The Kier molecular flexibility index (Phi) is 4.19. The van der Waals surface area contributed by atoms with E-state index in [0.717, 1.165) is 22.8 Å². The third-order valence-electron chi connectivity index (χ3n) is 2.62. The number of benzene rings is 1. The highest BCUT2D eigenvalue weighted by atomic mass is 35.5. The fourth-order valence-electron chi connectivity index (χ4n) is 1.72. The van der Waals surface area contributed by atoms with Crippen LogP contribution in [0.25, 0.3) is 0 Å². The molecule has 0 aliphatic carbocycles. The number of hydrogen-bond donors (Lipinski definition) is 0. The number of rotatable bonds is 2. The summed E-state index contributed by atoms with van der Waals surface area (Å²) < 4.78 is 11.2. The van der Waals surface area contributed by atoms with Crippen molar-refractivity contribution in [2.45, 2.75) is 16.3 Å². The van der Waals surface area contributed by atoms with Crippen LogP contribution in [0.15, 0.2) is 34.3 Å². The average molecular weight is 329 g/mol. The first-order chi connectivity index (χ1) is 9.72. The molecule has 20 heavy (non-hydrogen) atoms. The van der Waals surface area contributed by atoms with Crippen LogP contribution in [0.1, 0.15) is 6.42 Å². The van der Waals surface area contributed by atoms with Gasteiger partial charge in [0.05, 0.1) is 24.4 Å². The van der Waals surface area contributed by atoms with Gasteiger partial charge < -0.3 is 9.47 Å². The van der Waals surface area contributed by atoms with Crippen LogP contribution in [0.3, 0.4) is 0 Å². The van der Waals surface area contributed by atoms with E-state index in [0.29, 0.717) is 23.3 Å². The standard InChI is InChI=1S/C13H10Cl2N2O2S/c14-9-7-16-13(15)17-12(9)20-8-2-3-10-11(6-8)19-5-1-4-18-10/h2-3,6-7H,1,4-5H2. The molecule has 4 nitrogen and oxygen atoms in total. The fourth-order valence-corrected chi connectivity index (χ4v) is 2.92. The van der Waals surface area contributed by atoms with Crippen molar-refractivity contribution >= 4 is 35.0 Å². The topological polar surface area (TPSA) is 44.2 Å². The van der Waals surface area contributed by atoms with E-state index >= 15 is 0 Å². The molecule has 0 radical (unpaired) electrons. The van der Waals surface area contributed by atoms with Gasteiger partial charge in [-0.05, 0) is 29.8 Å². The Morgan fingerprint density at radius 1 is 1.10 bits per heavy atom. The summed E-state index contributed by atoms with van der Waals surface area (Å²) in [7, 11) is 0.